The normalized spacial score (nSPS) is 17.4. The van der Waals surface area contributed by atoms with E-state index >= 15 is 0 Å². The summed E-state index contributed by atoms with van der Waals surface area (Å²) >= 11 is 3.70. The minimum absolute atomic E-state index is 0.00374. The van der Waals surface area contributed by atoms with E-state index in [1.165, 1.54) is 6.33 Å². The summed E-state index contributed by atoms with van der Waals surface area (Å²) in [5.74, 6) is 0.784. The van der Waals surface area contributed by atoms with E-state index in [-0.39, 0.29) is 18.1 Å². The zero-order valence-corrected chi connectivity index (χ0v) is 36.3. The van der Waals surface area contributed by atoms with Crippen molar-refractivity contribution >= 4 is 45.0 Å². The fraction of sp³-hybridized carbons (Fsp3) is 0.535. The molecule has 13 nitrogen and oxygen atoms in total. The molecule has 14 heteroatoms. The van der Waals surface area contributed by atoms with Crippen molar-refractivity contribution in [1.82, 2.24) is 24.3 Å². The smallest absolute Gasteiger partial charge is 0.410 e. The molecule has 4 aromatic rings. The highest BCUT2D eigenvalue weighted by Gasteiger charge is 2.41. The lowest BCUT2D eigenvalue weighted by molar-refractivity contribution is -0.210. The van der Waals surface area contributed by atoms with Gasteiger partial charge in [0.1, 0.15) is 40.5 Å². The summed E-state index contributed by atoms with van der Waals surface area (Å²) in [6.07, 6.45) is 4.62. The van der Waals surface area contributed by atoms with Gasteiger partial charge in [-0.3, -0.25) is 0 Å². The molecule has 1 aliphatic rings. The quantitative estimate of drug-likeness (QED) is 0.111. The number of amides is 2. The fourth-order valence-corrected chi connectivity index (χ4v) is 7.70. The van der Waals surface area contributed by atoms with Crippen LogP contribution < -0.4 is 10.1 Å². The summed E-state index contributed by atoms with van der Waals surface area (Å²) in [5, 5.41) is 14.8. The number of benzene rings is 2. The third kappa shape index (κ3) is 12.8. The summed E-state index contributed by atoms with van der Waals surface area (Å²) in [6, 6.07) is 17.3. The van der Waals surface area contributed by atoms with E-state index in [1.807, 2.05) is 109 Å². The molecule has 0 radical (unpaired) electrons. The first-order valence-corrected chi connectivity index (χ1v) is 20.4. The highest BCUT2D eigenvalue weighted by Crippen LogP contribution is 2.43. The van der Waals surface area contributed by atoms with Crippen LogP contribution in [-0.2, 0) is 20.6 Å². The van der Waals surface area contributed by atoms with Gasteiger partial charge in [-0.25, -0.2) is 19.6 Å². The van der Waals surface area contributed by atoms with E-state index in [2.05, 4.69) is 35.8 Å². The molecule has 57 heavy (non-hydrogen) atoms. The van der Waals surface area contributed by atoms with Crippen LogP contribution in [0.1, 0.15) is 86.3 Å². The van der Waals surface area contributed by atoms with Crippen molar-refractivity contribution in [2.45, 2.75) is 110 Å². The summed E-state index contributed by atoms with van der Waals surface area (Å²) in [4.78, 5) is 39.8. The average Bonchev–Trinajstić information content (AvgIpc) is 3.66. The number of aromatic nitrogens is 3. The lowest BCUT2D eigenvalue weighted by Gasteiger charge is -2.31. The molecular formula is C43H59BrN6O7. The zero-order chi connectivity index (χ0) is 41.5. The van der Waals surface area contributed by atoms with Gasteiger partial charge in [-0.05, 0) is 133 Å². The number of rotatable bonds is 15. The maximum absolute atomic E-state index is 13.8. The van der Waals surface area contributed by atoms with Gasteiger partial charge in [-0.2, -0.15) is 0 Å². The van der Waals surface area contributed by atoms with Crippen molar-refractivity contribution in [3.05, 3.63) is 77.2 Å². The van der Waals surface area contributed by atoms with E-state index in [0.717, 1.165) is 26.8 Å². The van der Waals surface area contributed by atoms with Gasteiger partial charge in [0.2, 0.25) is 0 Å². The summed E-state index contributed by atoms with van der Waals surface area (Å²) < 4.78 is 27.0. The molecule has 1 saturated carbocycles. The predicted octanol–water partition coefficient (Wildman–Crippen LogP) is 9.20. The van der Waals surface area contributed by atoms with Gasteiger partial charge in [-0.15, -0.1) is 0 Å². The SMILES string of the molecule is CNc1ncnc2c1c(Br)cn2[C@@H]1C[C@H](CN(CCCN(CCc2cccc(Oc3ccccc3)c2)C(=O)OC(C)(C)C)C(=O)OC(C)(C)C)C[C@H]1OC(C)(C)O. The van der Waals surface area contributed by atoms with Gasteiger partial charge in [0.25, 0.3) is 0 Å². The molecule has 2 amide bonds. The Labute approximate surface area is 345 Å². The largest absolute Gasteiger partial charge is 0.457 e. The second kappa shape index (κ2) is 18.5. The fourth-order valence-electron chi connectivity index (χ4n) is 7.12. The number of anilines is 1. The summed E-state index contributed by atoms with van der Waals surface area (Å²) in [5.41, 5.74) is 0.367. The summed E-state index contributed by atoms with van der Waals surface area (Å²) in [6.45, 7) is 15.9. The molecule has 0 aliphatic heterocycles. The molecule has 0 unspecified atom stereocenters. The number of para-hydroxylation sites is 1. The van der Waals surface area contributed by atoms with E-state index in [9.17, 15) is 14.7 Å². The first kappa shape index (κ1) is 43.7. The van der Waals surface area contributed by atoms with Crippen LogP contribution in [0.25, 0.3) is 11.0 Å². The van der Waals surface area contributed by atoms with Crippen LogP contribution in [0.3, 0.4) is 0 Å². The Balaban J connectivity index is 1.32. The van der Waals surface area contributed by atoms with E-state index in [1.54, 1.807) is 23.6 Å². The van der Waals surface area contributed by atoms with Gasteiger partial charge in [0.05, 0.1) is 17.5 Å². The van der Waals surface area contributed by atoms with Crippen LogP contribution in [0.5, 0.6) is 11.5 Å². The number of hydrogen-bond donors (Lipinski definition) is 2. The Morgan fingerprint density at radius 2 is 1.53 bits per heavy atom. The second-order valence-electron chi connectivity index (χ2n) is 17.1. The molecule has 2 N–H and O–H groups in total. The minimum atomic E-state index is -1.38. The van der Waals surface area contributed by atoms with Crippen molar-refractivity contribution in [1.29, 1.82) is 0 Å². The minimum Gasteiger partial charge on any atom is -0.457 e. The molecule has 1 aliphatic carbocycles. The second-order valence-corrected chi connectivity index (χ2v) is 18.0. The molecular weight excluding hydrogens is 792 g/mol. The van der Waals surface area contributed by atoms with Crippen LogP contribution in [0.15, 0.2) is 71.6 Å². The molecule has 0 spiro atoms. The van der Waals surface area contributed by atoms with Crippen molar-refractivity contribution in [2.24, 2.45) is 5.92 Å². The molecule has 1 fully saturated rings. The molecule has 2 aromatic carbocycles. The Hall–Kier alpha value is -4.40. The lowest BCUT2D eigenvalue weighted by atomic mass is 10.1. The highest BCUT2D eigenvalue weighted by atomic mass is 79.9. The topological polar surface area (TPSA) is 141 Å². The Morgan fingerprint density at radius 3 is 2.18 bits per heavy atom. The number of carbonyl (C=O) groups is 2. The number of hydrogen-bond acceptors (Lipinski definition) is 10. The molecule has 2 heterocycles. The van der Waals surface area contributed by atoms with E-state index in [0.29, 0.717) is 63.4 Å². The predicted molar refractivity (Wildman–Crippen MR) is 225 cm³/mol. The van der Waals surface area contributed by atoms with Crippen LogP contribution in [0, 0.1) is 5.92 Å². The highest BCUT2D eigenvalue weighted by molar-refractivity contribution is 9.10. The maximum atomic E-state index is 13.8. The van der Waals surface area contributed by atoms with Crippen molar-refractivity contribution in [3.63, 3.8) is 0 Å². The van der Waals surface area contributed by atoms with Crippen molar-refractivity contribution in [3.8, 4) is 11.5 Å². The van der Waals surface area contributed by atoms with Gasteiger partial charge in [-0.1, -0.05) is 30.3 Å². The zero-order valence-electron chi connectivity index (χ0n) is 34.8. The first-order valence-electron chi connectivity index (χ1n) is 19.7. The molecule has 0 saturated heterocycles. The molecule has 3 atom stereocenters. The van der Waals surface area contributed by atoms with Crippen molar-refractivity contribution < 1.29 is 33.6 Å². The van der Waals surface area contributed by atoms with E-state index in [4.69, 9.17) is 18.9 Å². The number of halogens is 1. The lowest BCUT2D eigenvalue weighted by Crippen LogP contribution is -2.42. The van der Waals surface area contributed by atoms with E-state index < -0.39 is 29.2 Å². The number of nitrogens with one attached hydrogen (secondary N) is 1. The third-order valence-electron chi connectivity index (χ3n) is 9.35. The van der Waals surface area contributed by atoms with Crippen LogP contribution in [-0.4, -0.2) is 97.9 Å². The van der Waals surface area contributed by atoms with Crippen LogP contribution >= 0.6 is 15.9 Å². The monoisotopic (exact) mass is 850 g/mol. The van der Waals surface area contributed by atoms with Crippen LogP contribution in [0.4, 0.5) is 15.4 Å². The van der Waals surface area contributed by atoms with Gasteiger partial charge in [0.15, 0.2) is 5.79 Å². The first-order chi connectivity index (χ1) is 26.8. The molecule has 5 rings (SSSR count). The molecule has 0 bridgehead atoms. The molecule has 2 aromatic heterocycles. The van der Waals surface area contributed by atoms with Crippen molar-refractivity contribution in [2.75, 3.05) is 38.5 Å². The Morgan fingerprint density at radius 1 is 0.877 bits per heavy atom. The number of aliphatic hydroxyl groups is 1. The maximum Gasteiger partial charge on any atom is 0.410 e. The average molecular weight is 852 g/mol. The Kier molecular flexibility index (Phi) is 14.2. The molecule has 310 valence electrons. The summed E-state index contributed by atoms with van der Waals surface area (Å²) in [7, 11) is 1.82. The van der Waals surface area contributed by atoms with Gasteiger partial charge < -0.3 is 43.7 Å². The standard InChI is InChI=1S/C43H59BrN6O7/c1-41(2,3)56-39(51)48(22-19-29-15-13-18-32(23-29)54-31-16-11-10-12-17-31)20-14-21-49(40(52)57-42(4,5)6)26-30-24-34(35(25-30)55-43(7,8)53)50-27-33(44)36-37(45-9)46-28-47-38(36)50/h10-13,15-18,23,27-28,30,34-35,53H,14,19-22,24-26H2,1-9H3,(H,45,46,47)/t30-,34+,35+/m0/s1. The number of nitrogens with zero attached hydrogens (tertiary/aromatic N) is 5. The number of ether oxygens (including phenoxy) is 4. The number of fused-ring (bicyclic) bond motifs is 1. The van der Waals surface area contributed by atoms with Gasteiger partial charge in [0, 0.05) is 43.9 Å². The third-order valence-corrected chi connectivity index (χ3v) is 9.95. The van der Waals surface area contributed by atoms with Crippen LogP contribution in [0.2, 0.25) is 0 Å². The van der Waals surface area contributed by atoms with Gasteiger partial charge >= 0.3 is 12.2 Å². The number of carbonyl (C=O) groups excluding carboxylic acids is 2. The Bertz CT molecular complexity index is 1950.